The normalized spacial score (nSPS) is 22.3. The largest absolute Gasteiger partial charge is 0.508 e. The molecule has 22 nitrogen and oxygen atoms in total. The van der Waals surface area contributed by atoms with Crippen LogP contribution in [0.5, 0.6) is 5.75 Å². The van der Waals surface area contributed by atoms with Crippen molar-refractivity contribution in [3.05, 3.63) is 102 Å². The van der Waals surface area contributed by atoms with Crippen molar-refractivity contribution in [3.63, 3.8) is 0 Å². The van der Waals surface area contributed by atoms with Gasteiger partial charge in [0, 0.05) is 48.5 Å². The number of benzene rings is 3. The lowest BCUT2D eigenvalue weighted by molar-refractivity contribution is -0.144. The minimum absolute atomic E-state index is 0.00267. The number of carbonyl (C=O) groups excluding carboxylic acids is 8. The maximum absolute atomic E-state index is 14.8. The lowest BCUT2D eigenvalue weighted by Crippen LogP contribution is -2.63. The maximum Gasteiger partial charge on any atom is 0.246 e. The van der Waals surface area contributed by atoms with Crippen molar-refractivity contribution in [2.45, 2.75) is 113 Å². The highest BCUT2D eigenvalue weighted by Gasteiger charge is 2.38. The molecule has 10 atom stereocenters. The number of primary amides is 1. The van der Waals surface area contributed by atoms with Gasteiger partial charge < -0.3 is 74.3 Å². The lowest BCUT2D eigenvalue weighted by Gasteiger charge is -2.32. The number of amides is 8. The fraction of sp³-hybridized carbons (Fsp3) is 0.440. The van der Waals surface area contributed by atoms with Crippen LogP contribution >= 0.6 is 21.6 Å². The first-order valence-corrected chi connectivity index (χ1v) is 26.6. The van der Waals surface area contributed by atoms with Crippen molar-refractivity contribution < 1.29 is 53.7 Å². The highest BCUT2D eigenvalue weighted by Crippen LogP contribution is 2.25. The molecule has 0 saturated carbocycles. The van der Waals surface area contributed by atoms with Gasteiger partial charge in [-0.2, -0.15) is 0 Å². The monoisotopic (exact) mass is 1060 g/mol. The Morgan fingerprint density at radius 3 is 2.00 bits per heavy atom. The Kier molecular flexibility index (Phi) is 22.1. The Morgan fingerprint density at radius 1 is 0.743 bits per heavy atom. The predicted octanol–water partition coefficient (Wildman–Crippen LogP) is -1.26. The minimum Gasteiger partial charge on any atom is -0.508 e. The molecular weight excluding hydrogens is 995 g/mol. The molecule has 3 aromatic carbocycles. The average Bonchev–Trinajstić information content (AvgIpc) is 3.77. The van der Waals surface area contributed by atoms with Gasteiger partial charge in [-0.15, -0.1) is 0 Å². The summed E-state index contributed by atoms with van der Waals surface area (Å²) in [5, 5.41) is 48.0. The number of aromatic amines is 1. The topological polar surface area (TPSA) is 367 Å². The van der Waals surface area contributed by atoms with E-state index in [9.17, 15) is 53.7 Å². The molecular formula is C50H67N11O11S2. The van der Waals surface area contributed by atoms with Crippen LogP contribution in [0.1, 0.15) is 49.8 Å². The van der Waals surface area contributed by atoms with Crippen molar-refractivity contribution in [1.82, 2.24) is 41.8 Å². The maximum atomic E-state index is 14.8. The molecule has 1 aliphatic rings. The Balaban J connectivity index is 1.59. The van der Waals surface area contributed by atoms with Gasteiger partial charge in [-0.25, -0.2) is 0 Å². The second-order valence-corrected chi connectivity index (χ2v) is 20.7. The molecule has 1 aromatic heterocycles. The molecule has 1 fully saturated rings. The number of nitrogens with two attached hydrogens (primary N) is 3. The summed E-state index contributed by atoms with van der Waals surface area (Å²) in [6.45, 7) is 2.72. The first kappa shape index (κ1) is 58.2. The number of unbranched alkanes of at least 4 members (excludes halogenated alkanes) is 1. The zero-order valence-electron chi connectivity index (χ0n) is 41.3. The number of aliphatic hydroxyl groups excluding tert-OH is 2. The van der Waals surface area contributed by atoms with E-state index in [-0.39, 0.29) is 49.5 Å². The number of carbonyl (C=O) groups is 8. The van der Waals surface area contributed by atoms with Gasteiger partial charge in [-0.05, 0) is 81.0 Å². The van der Waals surface area contributed by atoms with Crippen LogP contribution < -0.4 is 49.1 Å². The summed E-state index contributed by atoms with van der Waals surface area (Å²) in [6, 6.07) is 10.6. The van der Waals surface area contributed by atoms with Gasteiger partial charge >= 0.3 is 0 Å². The number of nitrogens with zero attached hydrogens (tertiary/aromatic N) is 1. The van der Waals surface area contributed by atoms with Crippen LogP contribution in [0.15, 0.2) is 85.1 Å². The van der Waals surface area contributed by atoms with Crippen LogP contribution in [0.25, 0.3) is 10.9 Å². The highest BCUT2D eigenvalue weighted by atomic mass is 33.1. The third kappa shape index (κ3) is 16.7. The van der Waals surface area contributed by atoms with E-state index < -0.39 is 108 Å². The highest BCUT2D eigenvalue weighted by molar-refractivity contribution is 8.76. The second kappa shape index (κ2) is 28.1. The van der Waals surface area contributed by atoms with E-state index in [1.807, 2.05) is 18.2 Å². The lowest BCUT2D eigenvalue weighted by atomic mass is 10.0. The number of phenolic OH excluding ortho intramolecular Hbond substituents is 1. The number of rotatable bonds is 17. The first-order valence-electron chi connectivity index (χ1n) is 24.1. The molecule has 2 heterocycles. The number of hydrogen-bond acceptors (Lipinski definition) is 15. The summed E-state index contributed by atoms with van der Waals surface area (Å²) in [5.74, 6) is -7.58. The Labute approximate surface area is 436 Å². The molecule has 1 saturated heterocycles. The molecule has 0 aliphatic carbocycles. The summed E-state index contributed by atoms with van der Waals surface area (Å²) >= 11 is 0. The molecule has 74 heavy (non-hydrogen) atoms. The summed E-state index contributed by atoms with van der Waals surface area (Å²) in [6.07, 6.45) is -0.746. The fourth-order valence-corrected chi connectivity index (χ4v) is 10.6. The van der Waals surface area contributed by atoms with E-state index >= 15 is 0 Å². The van der Waals surface area contributed by atoms with Crippen LogP contribution in [0.3, 0.4) is 0 Å². The molecule has 1 aliphatic heterocycles. The molecule has 400 valence electrons. The molecule has 16 N–H and O–H groups in total. The number of aliphatic hydroxyl groups is 2. The van der Waals surface area contributed by atoms with Crippen LogP contribution in [-0.4, -0.2) is 158 Å². The number of nitrogens with one attached hydrogen (secondary N) is 7. The van der Waals surface area contributed by atoms with Crippen LogP contribution in [0.2, 0.25) is 0 Å². The zero-order valence-corrected chi connectivity index (χ0v) is 43.0. The number of fused-ring (bicyclic) bond motifs is 1. The summed E-state index contributed by atoms with van der Waals surface area (Å²) in [4.78, 5) is 117. The van der Waals surface area contributed by atoms with Crippen LogP contribution in [-0.2, 0) is 57.6 Å². The van der Waals surface area contributed by atoms with Gasteiger partial charge in [0.15, 0.2) is 0 Å². The minimum atomic E-state index is -1.72. The van der Waals surface area contributed by atoms with E-state index in [4.69, 9.17) is 17.2 Å². The van der Waals surface area contributed by atoms with Gasteiger partial charge in [0.1, 0.15) is 48.0 Å². The zero-order chi connectivity index (χ0) is 54.1. The third-order valence-electron chi connectivity index (χ3n) is 12.3. The second-order valence-electron chi connectivity index (χ2n) is 18.2. The molecule has 5 rings (SSSR count). The number of H-pyrrole nitrogens is 1. The number of likely N-dealkylation sites (N-methyl/N-ethyl adjacent to an activating group) is 1. The molecule has 0 bridgehead atoms. The average molecular weight is 1060 g/mol. The number of para-hydroxylation sites is 1. The van der Waals surface area contributed by atoms with Crippen molar-refractivity contribution in [2.24, 2.45) is 17.2 Å². The van der Waals surface area contributed by atoms with E-state index in [1.165, 1.54) is 33.0 Å². The van der Waals surface area contributed by atoms with Crippen LogP contribution in [0.4, 0.5) is 0 Å². The standard InChI is InChI=1S/C50H67N11O11S2/c1-27(62)41-49(71)59-40(50(72)61(3)42(28(2)63)43(53)65)26-74-73-25-39(58-44(66)34(52)21-30-16-18-32(64)19-17-30)48(70)56-37(22-29-11-5-4-6-12-29)46(68)57-38(23-31-24-54-35-14-8-7-13-33(31)35)47(69)55-36(45(67)60-41)15-9-10-20-51/h4-8,11-14,16-19,24,27-28,34,36-42,54,62-64H,9-10,15,20-23,25-26,51-52H2,1-3H3,(H2,53,65)(H,55,69)(H,56,70)(H,57,68)(H,58,66)(H,59,71)(H,60,67)/t27-,28-,34-,36+,37+,38+,39-,40+,41+,42+/m1/s1. The molecule has 4 aromatic rings. The SMILES string of the molecule is C[C@@H](O)[C@@H]1NC(=O)[C@H](CCCCN)NC(=O)[C@H](Cc2c[nH]c3ccccc23)NC(=O)[C@H](Cc2ccccc2)NC(=O)[C@H](NC(=O)[C@H](N)Cc2ccc(O)cc2)CSSC[C@@H](C(=O)N(C)[C@H](C(N)=O)[C@@H](C)O)NC1=O. The van der Waals surface area contributed by atoms with Gasteiger partial charge in [-0.1, -0.05) is 82.3 Å². The molecule has 24 heteroatoms. The third-order valence-corrected chi connectivity index (χ3v) is 14.8. The van der Waals surface area contributed by atoms with Crippen LogP contribution in [0, 0.1) is 0 Å². The van der Waals surface area contributed by atoms with Gasteiger partial charge in [0.25, 0.3) is 0 Å². The van der Waals surface area contributed by atoms with Gasteiger partial charge in [0.05, 0.1) is 18.2 Å². The molecule has 0 unspecified atom stereocenters. The van der Waals surface area contributed by atoms with Crippen molar-refractivity contribution in [2.75, 3.05) is 25.1 Å². The summed E-state index contributed by atoms with van der Waals surface area (Å²) in [5.41, 5.74) is 20.3. The molecule has 0 spiro atoms. The quantitative estimate of drug-likeness (QED) is 0.0434. The molecule has 0 radical (unpaired) electrons. The van der Waals surface area contributed by atoms with Crippen molar-refractivity contribution in [3.8, 4) is 5.75 Å². The number of aromatic hydroxyl groups is 1. The van der Waals surface area contributed by atoms with E-state index in [2.05, 4.69) is 36.9 Å². The number of hydrogen-bond donors (Lipinski definition) is 13. The summed E-state index contributed by atoms with van der Waals surface area (Å²) < 4.78 is 0. The summed E-state index contributed by atoms with van der Waals surface area (Å²) in [7, 11) is 3.14. The van der Waals surface area contributed by atoms with E-state index in [0.717, 1.165) is 37.4 Å². The molecule has 8 amide bonds. The number of aromatic nitrogens is 1. The van der Waals surface area contributed by atoms with E-state index in [0.29, 0.717) is 29.5 Å². The van der Waals surface area contributed by atoms with E-state index in [1.54, 1.807) is 54.7 Å². The first-order chi connectivity index (χ1) is 35.3. The van der Waals surface area contributed by atoms with Crippen molar-refractivity contribution in [1.29, 1.82) is 0 Å². The number of phenols is 1. The fourth-order valence-electron chi connectivity index (χ4n) is 8.27. The Bertz CT molecular complexity index is 2570. The van der Waals surface area contributed by atoms with Crippen molar-refractivity contribution >= 4 is 79.7 Å². The van der Waals surface area contributed by atoms with Gasteiger partial charge in [0.2, 0.25) is 47.3 Å². The Hall–Kier alpha value is -6.70. The van der Waals surface area contributed by atoms with Gasteiger partial charge in [-0.3, -0.25) is 38.4 Å². The smallest absolute Gasteiger partial charge is 0.246 e. The predicted molar refractivity (Wildman–Crippen MR) is 280 cm³/mol. The Morgan fingerprint density at radius 2 is 1.35 bits per heavy atom.